The second-order valence-electron chi connectivity index (χ2n) is 17.6. The number of hydrogen-bond acceptors (Lipinski definition) is 2. The number of furan rings is 1. The summed E-state index contributed by atoms with van der Waals surface area (Å²) >= 11 is 0. The summed E-state index contributed by atoms with van der Waals surface area (Å²) < 4.78 is 6.89. The van der Waals surface area contributed by atoms with E-state index in [1.165, 1.54) is 60.8 Å². The Morgan fingerprint density at radius 2 is 0.896 bits per heavy atom. The van der Waals surface area contributed by atoms with E-state index in [9.17, 15) is 0 Å². The van der Waals surface area contributed by atoms with Gasteiger partial charge in [0.15, 0.2) is 0 Å². The molecule has 0 unspecified atom stereocenters. The molecule has 11 aromatic carbocycles. The van der Waals surface area contributed by atoms with Crippen LogP contribution in [0, 0.1) is 0 Å². The van der Waals surface area contributed by atoms with E-state index in [1.54, 1.807) is 0 Å². The van der Waals surface area contributed by atoms with Gasteiger partial charge in [-0.2, -0.15) is 0 Å². The van der Waals surface area contributed by atoms with E-state index in [0.29, 0.717) is 0 Å². The van der Waals surface area contributed by atoms with Crippen molar-refractivity contribution in [2.24, 2.45) is 0 Å². The summed E-state index contributed by atoms with van der Waals surface area (Å²) in [4.78, 5) is 2.44. The highest BCUT2D eigenvalue weighted by molar-refractivity contribution is 6.17. The van der Waals surface area contributed by atoms with Crippen molar-refractivity contribution in [1.82, 2.24) is 0 Å². The molecule has 0 atom stereocenters. The van der Waals surface area contributed by atoms with Gasteiger partial charge in [0, 0.05) is 22.3 Å². The number of anilines is 3. The Hall–Kier alpha value is -8.72. The van der Waals surface area contributed by atoms with Gasteiger partial charge in [0.1, 0.15) is 11.2 Å². The van der Waals surface area contributed by atoms with Gasteiger partial charge in [-0.15, -0.1) is 0 Å². The molecule has 0 amide bonds. The summed E-state index contributed by atoms with van der Waals surface area (Å²) in [7, 11) is 0. The predicted octanol–water partition coefficient (Wildman–Crippen LogP) is 17.6. The van der Waals surface area contributed by atoms with Crippen molar-refractivity contribution in [3.63, 3.8) is 0 Å². The Kier molecular flexibility index (Phi) is 9.11. The fourth-order valence-electron chi connectivity index (χ4n) is 10.9. The van der Waals surface area contributed by atoms with Gasteiger partial charge in [0.2, 0.25) is 0 Å². The van der Waals surface area contributed by atoms with Crippen molar-refractivity contribution in [3.05, 3.63) is 283 Å². The predicted molar refractivity (Wildman–Crippen MR) is 280 cm³/mol. The van der Waals surface area contributed by atoms with Crippen LogP contribution in [-0.2, 0) is 5.41 Å². The third-order valence-electron chi connectivity index (χ3n) is 13.9. The lowest BCUT2D eigenvalue weighted by Gasteiger charge is -2.35. The molecule has 2 nitrogen and oxygen atoms in total. The fourth-order valence-corrected chi connectivity index (χ4v) is 10.9. The summed E-state index contributed by atoms with van der Waals surface area (Å²) in [5.74, 6) is 0. The Morgan fingerprint density at radius 1 is 0.328 bits per heavy atom. The van der Waals surface area contributed by atoms with Crippen molar-refractivity contribution in [1.29, 1.82) is 0 Å². The summed E-state index contributed by atoms with van der Waals surface area (Å²) in [6, 6.07) is 95.0. The maximum Gasteiger partial charge on any atom is 0.145 e. The quantitative estimate of drug-likeness (QED) is 0.151. The van der Waals surface area contributed by atoms with Crippen molar-refractivity contribution < 1.29 is 4.42 Å². The normalized spacial score (nSPS) is 12.6. The third-order valence-corrected chi connectivity index (χ3v) is 13.9. The molecule has 0 radical (unpaired) electrons. The van der Waals surface area contributed by atoms with Crippen LogP contribution in [0.3, 0.4) is 0 Å². The van der Waals surface area contributed by atoms with Crippen molar-refractivity contribution in [3.8, 4) is 44.5 Å². The van der Waals surface area contributed by atoms with Crippen LogP contribution in [0.1, 0.15) is 22.3 Å². The van der Waals surface area contributed by atoms with E-state index in [1.807, 2.05) is 0 Å². The molecule has 2 heteroatoms. The van der Waals surface area contributed by atoms with Crippen LogP contribution in [0.2, 0.25) is 0 Å². The van der Waals surface area contributed by atoms with E-state index in [0.717, 1.165) is 55.7 Å². The lowest BCUT2D eigenvalue weighted by atomic mass is 9.67. The number of nitrogens with zero attached hydrogens (tertiary/aromatic N) is 1. The highest BCUT2D eigenvalue weighted by Gasteiger charge is 2.46. The minimum absolute atomic E-state index is 0.551. The minimum atomic E-state index is -0.551. The van der Waals surface area contributed by atoms with E-state index >= 15 is 0 Å². The monoisotopic (exact) mass is 853 g/mol. The third kappa shape index (κ3) is 6.26. The molecule has 0 saturated carbocycles. The van der Waals surface area contributed by atoms with Crippen LogP contribution >= 0.6 is 0 Å². The Labute approximate surface area is 390 Å². The first kappa shape index (κ1) is 38.7. The average Bonchev–Trinajstić information content (AvgIpc) is 3.94. The number of benzene rings is 11. The summed E-state index contributed by atoms with van der Waals surface area (Å²) in [6.45, 7) is 0. The Morgan fingerprint density at radius 3 is 1.67 bits per heavy atom. The maximum absolute atomic E-state index is 6.89. The lowest BCUT2D eigenvalue weighted by molar-refractivity contribution is 0.670. The Balaban J connectivity index is 1.03. The molecule has 67 heavy (non-hydrogen) atoms. The first-order chi connectivity index (χ1) is 33.2. The molecule has 314 valence electrons. The largest absolute Gasteiger partial charge is 0.455 e. The maximum atomic E-state index is 6.89. The molecule has 0 saturated heterocycles. The molecule has 0 spiro atoms. The van der Waals surface area contributed by atoms with E-state index in [2.05, 4.69) is 266 Å². The topological polar surface area (TPSA) is 16.4 Å². The first-order valence-electron chi connectivity index (χ1n) is 23.1. The molecule has 1 aliphatic rings. The van der Waals surface area contributed by atoms with Gasteiger partial charge in [-0.05, 0) is 127 Å². The number of rotatable bonds is 8. The second-order valence-corrected chi connectivity index (χ2v) is 17.6. The van der Waals surface area contributed by atoms with Crippen LogP contribution in [-0.4, -0.2) is 0 Å². The standard InChI is InChI=1S/C65H43NO/c1-4-18-46(19-5-1)55-39-40-61(63-58-28-13-15-30-62(58)67-64(55)63)66(53-35-33-45(34-36-53)48-21-16-22-49(41-48)50-32-31-44-17-10-11-20-47(44)42-50)54-37-38-57-56-27-12-14-29-59(56)65(60(57)43-54,51-23-6-2-7-24-51)52-25-8-3-9-26-52/h1-43H. The van der Waals surface area contributed by atoms with Gasteiger partial charge in [-0.25, -0.2) is 0 Å². The molecule has 1 aromatic heterocycles. The zero-order valence-electron chi connectivity index (χ0n) is 36.7. The lowest BCUT2D eigenvalue weighted by Crippen LogP contribution is -2.28. The number of hydrogen-bond donors (Lipinski definition) is 0. The highest BCUT2D eigenvalue weighted by Crippen LogP contribution is 2.58. The first-order valence-corrected chi connectivity index (χ1v) is 23.1. The SMILES string of the molecule is c1ccc(-c2ccc(N(c3ccc(-c4cccc(-c5ccc6ccccc6c5)c4)cc3)c3ccc4c(c3)C(c3ccccc3)(c3ccccc3)c3ccccc3-4)c3c2oc2ccccc23)cc1. The highest BCUT2D eigenvalue weighted by atomic mass is 16.3. The van der Waals surface area contributed by atoms with E-state index in [4.69, 9.17) is 4.42 Å². The summed E-state index contributed by atoms with van der Waals surface area (Å²) in [5.41, 5.74) is 18.8. The molecule has 13 rings (SSSR count). The van der Waals surface area contributed by atoms with Crippen molar-refractivity contribution >= 4 is 49.8 Å². The smallest absolute Gasteiger partial charge is 0.145 e. The van der Waals surface area contributed by atoms with Crippen LogP contribution in [0.5, 0.6) is 0 Å². The van der Waals surface area contributed by atoms with Crippen molar-refractivity contribution in [2.45, 2.75) is 5.41 Å². The zero-order chi connectivity index (χ0) is 44.3. The fraction of sp³-hybridized carbons (Fsp3) is 0.0154. The summed E-state index contributed by atoms with van der Waals surface area (Å²) in [5, 5.41) is 4.64. The minimum Gasteiger partial charge on any atom is -0.455 e. The Bertz CT molecular complexity index is 3760. The summed E-state index contributed by atoms with van der Waals surface area (Å²) in [6.07, 6.45) is 0. The van der Waals surface area contributed by atoms with Crippen LogP contribution in [0.25, 0.3) is 77.2 Å². The van der Waals surface area contributed by atoms with E-state index < -0.39 is 5.41 Å². The average molecular weight is 854 g/mol. The second kappa shape index (κ2) is 15.8. The van der Waals surface area contributed by atoms with E-state index in [-0.39, 0.29) is 0 Å². The molecular weight excluding hydrogens is 811 g/mol. The van der Waals surface area contributed by atoms with Gasteiger partial charge in [-0.1, -0.05) is 206 Å². The molecule has 1 heterocycles. The molecular formula is C65H43NO. The molecule has 0 aliphatic heterocycles. The van der Waals surface area contributed by atoms with Gasteiger partial charge in [0.25, 0.3) is 0 Å². The molecule has 0 fully saturated rings. The van der Waals surface area contributed by atoms with Gasteiger partial charge in [-0.3, -0.25) is 0 Å². The van der Waals surface area contributed by atoms with Crippen LogP contribution in [0.4, 0.5) is 17.1 Å². The van der Waals surface area contributed by atoms with Gasteiger partial charge < -0.3 is 9.32 Å². The number of para-hydroxylation sites is 1. The molecule has 0 N–H and O–H groups in total. The molecule has 1 aliphatic carbocycles. The number of fused-ring (bicyclic) bond motifs is 7. The molecule has 12 aromatic rings. The molecule has 0 bridgehead atoms. The van der Waals surface area contributed by atoms with Crippen LogP contribution < -0.4 is 4.90 Å². The van der Waals surface area contributed by atoms with Gasteiger partial charge in [0.05, 0.1) is 16.5 Å². The van der Waals surface area contributed by atoms with Crippen LogP contribution in [0.15, 0.2) is 265 Å². The zero-order valence-corrected chi connectivity index (χ0v) is 36.7. The van der Waals surface area contributed by atoms with Gasteiger partial charge >= 0.3 is 0 Å². The van der Waals surface area contributed by atoms with Crippen molar-refractivity contribution in [2.75, 3.05) is 4.90 Å².